The van der Waals surface area contributed by atoms with Gasteiger partial charge in [0.25, 0.3) is 0 Å². The van der Waals surface area contributed by atoms with E-state index in [-0.39, 0.29) is 19.0 Å². The number of aromatic nitrogens is 1. The number of piperidine rings is 1. The van der Waals surface area contributed by atoms with Crippen LogP contribution in [0.25, 0.3) is 5.57 Å². The fraction of sp³-hybridized carbons (Fsp3) is 0.167. The average Bonchev–Trinajstić information content (AvgIpc) is 2.78. The zero-order valence-electron chi connectivity index (χ0n) is 15.9. The van der Waals surface area contributed by atoms with Gasteiger partial charge in [0.2, 0.25) is 0 Å². The second-order valence-electron chi connectivity index (χ2n) is 7.45. The van der Waals surface area contributed by atoms with E-state index in [1.54, 1.807) is 36.3 Å². The van der Waals surface area contributed by atoms with Crippen LogP contribution in [0, 0.1) is 5.21 Å². The Labute approximate surface area is 174 Å². The summed E-state index contributed by atoms with van der Waals surface area (Å²) >= 11 is 1.79. The quantitative estimate of drug-likeness (QED) is 0.321. The van der Waals surface area contributed by atoms with Crippen LogP contribution in [0.3, 0.4) is 0 Å². The number of quaternary nitrogens is 1. The van der Waals surface area contributed by atoms with Crippen molar-refractivity contribution in [3.63, 3.8) is 0 Å². The maximum atomic E-state index is 13.3. The molecule has 0 N–H and O–H groups in total. The number of hydroxylamine groups is 3. The van der Waals surface area contributed by atoms with Crippen molar-refractivity contribution >= 4 is 23.2 Å². The molecule has 0 bridgehead atoms. The molecule has 0 spiro atoms. The molecule has 0 atom stereocenters. The van der Waals surface area contributed by atoms with Gasteiger partial charge in [-0.25, -0.2) is 4.79 Å². The summed E-state index contributed by atoms with van der Waals surface area (Å²) in [4.78, 5) is 19.2. The number of likely N-dealkylation sites (tertiary alicyclic amines) is 1. The first kappa shape index (κ1) is 18.3. The first-order valence-electron chi connectivity index (χ1n) is 9.77. The number of rotatable bonds is 1. The van der Waals surface area contributed by atoms with Crippen molar-refractivity contribution in [2.24, 2.45) is 0 Å². The molecule has 29 heavy (non-hydrogen) atoms. The minimum absolute atomic E-state index is 0.275. The summed E-state index contributed by atoms with van der Waals surface area (Å²) in [5.74, 6) is -0.364. The van der Waals surface area contributed by atoms with Crippen molar-refractivity contribution in [2.45, 2.75) is 22.6 Å². The van der Waals surface area contributed by atoms with E-state index in [0.717, 1.165) is 0 Å². The monoisotopic (exact) mass is 400 g/mol. The van der Waals surface area contributed by atoms with Crippen LogP contribution in [0.15, 0.2) is 88.4 Å². The van der Waals surface area contributed by atoms with Gasteiger partial charge in [0.1, 0.15) is 0 Å². The fourth-order valence-corrected chi connectivity index (χ4v) is 5.31. The average molecular weight is 401 g/mol. The number of hydrogen-bond acceptors (Lipinski definition) is 4. The molecule has 4 nitrogen and oxygen atoms in total. The molecule has 0 saturated carbocycles. The van der Waals surface area contributed by atoms with Crippen molar-refractivity contribution < 1.29 is 9.44 Å². The lowest BCUT2D eigenvalue weighted by Crippen LogP contribution is -2.51. The van der Waals surface area contributed by atoms with E-state index in [0.29, 0.717) is 18.4 Å². The lowest BCUT2D eigenvalue weighted by molar-refractivity contribution is -0.801. The highest BCUT2D eigenvalue weighted by atomic mass is 32.2. The number of fused-ring (bicyclic) bond motifs is 2. The molecule has 1 aromatic heterocycles. The summed E-state index contributed by atoms with van der Waals surface area (Å²) in [5.41, 5.74) is 5.43. The SMILES string of the molecule is O=C(c1ccncc1)[N+]1([O-])CCC(=C2c3ccccc3Sc3ccccc32)CC1. The van der Waals surface area contributed by atoms with Gasteiger partial charge in [-0.05, 0) is 41.0 Å². The molecular formula is C24H20N2O2S. The Balaban J connectivity index is 1.51. The third-order valence-corrected chi connectivity index (χ3v) is 6.89. The first-order chi connectivity index (χ1) is 14.2. The molecule has 5 heteroatoms. The number of nitrogens with zero attached hydrogens (tertiary/aromatic N) is 2. The van der Waals surface area contributed by atoms with Gasteiger partial charge in [-0.1, -0.05) is 53.7 Å². The number of benzene rings is 2. The summed E-state index contributed by atoms with van der Waals surface area (Å²) in [7, 11) is 0. The molecule has 1 fully saturated rings. The molecule has 1 amide bonds. The maximum absolute atomic E-state index is 13.3. The summed E-state index contributed by atoms with van der Waals surface area (Å²) in [5, 5.41) is 13.3. The molecule has 3 heterocycles. The molecule has 5 rings (SSSR count). The summed E-state index contributed by atoms with van der Waals surface area (Å²) in [6.07, 6.45) is 4.38. The predicted molar refractivity (Wildman–Crippen MR) is 114 cm³/mol. The smallest absolute Gasteiger partial charge is 0.345 e. The normalized spacial score (nSPS) is 20.7. The fourth-order valence-electron chi connectivity index (χ4n) is 4.22. The first-order valence-corrected chi connectivity index (χ1v) is 10.6. The van der Waals surface area contributed by atoms with Crippen molar-refractivity contribution in [2.75, 3.05) is 13.1 Å². The molecule has 2 aliphatic rings. The highest BCUT2D eigenvalue weighted by Gasteiger charge is 2.34. The van der Waals surface area contributed by atoms with Gasteiger partial charge in [0.15, 0.2) is 0 Å². The lowest BCUT2D eigenvalue weighted by atomic mass is 9.87. The van der Waals surface area contributed by atoms with Crippen molar-refractivity contribution in [3.05, 3.63) is 101 Å². The van der Waals surface area contributed by atoms with Crippen molar-refractivity contribution in [1.82, 2.24) is 4.98 Å². The molecule has 1 saturated heterocycles. The zero-order valence-corrected chi connectivity index (χ0v) is 16.7. The Bertz CT molecular complexity index is 1070. The number of carbonyl (C=O) groups excluding carboxylic acids is 1. The Kier molecular flexibility index (Phi) is 4.59. The highest BCUT2D eigenvalue weighted by molar-refractivity contribution is 7.99. The van der Waals surface area contributed by atoms with Gasteiger partial charge in [-0.3, -0.25) is 9.63 Å². The number of hydrogen-bond donors (Lipinski definition) is 0. The van der Waals surface area contributed by atoms with Crippen LogP contribution in [-0.4, -0.2) is 28.6 Å². The van der Waals surface area contributed by atoms with E-state index in [1.165, 1.54) is 32.1 Å². The molecule has 0 unspecified atom stereocenters. The van der Waals surface area contributed by atoms with Crippen LogP contribution in [0.1, 0.15) is 34.3 Å². The van der Waals surface area contributed by atoms with Gasteiger partial charge in [0, 0.05) is 35.0 Å². The van der Waals surface area contributed by atoms with Gasteiger partial charge in [-0.15, -0.1) is 0 Å². The third-order valence-electron chi connectivity index (χ3n) is 5.73. The van der Waals surface area contributed by atoms with E-state index in [4.69, 9.17) is 0 Å². The Morgan fingerprint density at radius 2 is 1.41 bits per heavy atom. The van der Waals surface area contributed by atoms with Gasteiger partial charge in [0.05, 0.1) is 18.7 Å². The van der Waals surface area contributed by atoms with E-state index in [2.05, 4.69) is 53.5 Å². The Morgan fingerprint density at radius 1 is 0.862 bits per heavy atom. The van der Waals surface area contributed by atoms with Crippen molar-refractivity contribution in [3.8, 4) is 0 Å². The molecule has 2 aromatic carbocycles. The molecule has 0 aliphatic carbocycles. The molecule has 2 aliphatic heterocycles. The summed E-state index contributed by atoms with van der Waals surface area (Å²) in [6.45, 7) is 0.551. The maximum Gasteiger partial charge on any atom is 0.345 e. The summed E-state index contributed by atoms with van der Waals surface area (Å²) < 4.78 is -0.793. The van der Waals surface area contributed by atoms with Crippen LogP contribution >= 0.6 is 11.8 Å². The Hall–Kier alpha value is -2.73. The van der Waals surface area contributed by atoms with Crippen LogP contribution in [0.5, 0.6) is 0 Å². The topological polar surface area (TPSA) is 53.0 Å². The standard InChI is InChI=1S/C24H20N2O2S/c27-24(18-9-13-25-14-10-18)26(28)15-11-17(12-16-26)23-19-5-1-3-7-21(19)29-22-8-4-2-6-20(22)23/h1-10,13-14H,11-12,15-16H2. The van der Waals surface area contributed by atoms with Gasteiger partial charge < -0.3 is 5.21 Å². The second-order valence-corrected chi connectivity index (χ2v) is 8.53. The van der Waals surface area contributed by atoms with Crippen LogP contribution in [-0.2, 0) is 0 Å². The predicted octanol–water partition coefficient (Wildman–Crippen LogP) is 5.30. The van der Waals surface area contributed by atoms with Crippen LogP contribution in [0.4, 0.5) is 0 Å². The van der Waals surface area contributed by atoms with Gasteiger partial charge >= 0.3 is 5.91 Å². The van der Waals surface area contributed by atoms with E-state index in [9.17, 15) is 10.0 Å². The lowest BCUT2D eigenvalue weighted by Gasteiger charge is -2.43. The minimum Gasteiger partial charge on any atom is -0.625 e. The largest absolute Gasteiger partial charge is 0.625 e. The second kappa shape index (κ2) is 7.26. The van der Waals surface area contributed by atoms with Gasteiger partial charge in [-0.2, -0.15) is 0 Å². The van der Waals surface area contributed by atoms with E-state index in [1.807, 2.05) is 0 Å². The zero-order chi connectivity index (χ0) is 19.8. The number of pyridine rings is 1. The Morgan fingerprint density at radius 3 is 2.00 bits per heavy atom. The molecule has 144 valence electrons. The number of amides is 1. The molecule has 3 aromatic rings. The van der Waals surface area contributed by atoms with Crippen LogP contribution in [0.2, 0.25) is 0 Å². The highest BCUT2D eigenvalue weighted by Crippen LogP contribution is 2.47. The van der Waals surface area contributed by atoms with E-state index < -0.39 is 4.65 Å². The summed E-state index contributed by atoms with van der Waals surface area (Å²) in [6, 6.07) is 20.1. The minimum atomic E-state index is -0.793. The van der Waals surface area contributed by atoms with E-state index >= 15 is 0 Å². The molecular weight excluding hydrogens is 380 g/mol. The molecule has 0 radical (unpaired) electrons. The number of carbonyl (C=O) groups is 1. The third kappa shape index (κ3) is 3.21. The van der Waals surface area contributed by atoms with Crippen LogP contribution < -0.4 is 0 Å². The van der Waals surface area contributed by atoms with Crippen molar-refractivity contribution in [1.29, 1.82) is 0 Å².